The van der Waals surface area contributed by atoms with Crippen LogP contribution < -0.4 is 10.5 Å². The SMILES string of the molecule is N[C@@H]1CCc2c1ccc1c2OCC1. The Morgan fingerprint density at radius 3 is 3.15 bits per heavy atom. The molecule has 2 aliphatic rings. The molecule has 0 unspecified atom stereocenters. The van der Waals surface area contributed by atoms with Crippen molar-refractivity contribution in [1.29, 1.82) is 0 Å². The van der Waals surface area contributed by atoms with E-state index in [2.05, 4.69) is 12.1 Å². The summed E-state index contributed by atoms with van der Waals surface area (Å²) in [5.41, 5.74) is 10.0. The van der Waals surface area contributed by atoms with Gasteiger partial charge in [-0.05, 0) is 29.5 Å². The average Bonchev–Trinajstić information content (AvgIpc) is 2.70. The molecular formula is C11H13NO. The molecule has 0 spiro atoms. The van der Waals surface area contributed by atoms with Gasteiger partial charge in [-0.15, -0.1) is 0 Å². The van der Waals surface area contributed by atoms with Gasteiger partial charge in [-0.25, -0.2) is 0 Å². The Hall–Kier alpha value is -1.02. The molecule has 13 heavy (non-hydrogen) atoms. The molecule has 1 heterocycles. The molecule has 2 heteroatoms. The summed E-state index contributed by atoms with van der Waals surface area (Å²) in [5, 5.41) is 0. The van der Waals surface area contributed by atoms with E-state index in [9.17, 15) is 0 Å². The number of rotatable bonds is 0. The lowest BCUT2D eigenvalue weighted by Crippen LogP contribution is -2.04. The van der Waals surface area contributed by atoms with Gasteiger partial charge < -0.3 is 10.5 Å². The monoisotopic (exact) mass is 175 g/mol. The topological polar surface area (TPSA) is 35.2 Å². The number of hydrogen-bond acceptors (Lipinski definition) is 2. The van der Waals surface area contributed by atoms with E-state index in [1.165, 1.54) is 16.7 Å². The smallest absolute Gasteiger partial charge is 0.126 e. The standard InChI is InChI=1S/C11H13NO/c12-10-4-3-9-8(10)2-1-7-5-6-13-11(7)9/h1-2,10H,3-6,12H2/t10-/m1/s1. The first-order chi connectivity index (χ1) is 6.36. The fourth-order valence-electron chi connectivity index (χ4n) is 2.39. The molecule has 0 radical (unpaired) electrons. The van der Waals surface area contributed by atoms with Gasteiger partial charge in [0.2, 0.25) is 0 Å². The Morgan fingerprint density at radius 2 is 2.23 bits per heavy atom. The summed E-state index contributed by atoms with van der Waals surface area (Å²) in [5.74, 6) is 1.14. The number of nitrogens with two attached hydrogens (primary N) is 1. The molecule has 0 fully saturated rings. The van der Waals surface area contributed by atoms with Crippen LogP contribution in [0.2, 0.25) is 0 Å². The van der Waals surface area contributed by atoms with Crippen LogP contribution in [0, 0.1) is 0 Å². The lowest BCUT2D eigenvalue weighted by Gasteiger charge is -2.07. The van der Waals surface area contributed by atoms with Crippen molar-refractivity contribution >= 4 is 0 Å². The van der Waals surface area contributed by atoms with Crippen molar-refractivity contribution in [3.8, 4) is 5.75 Å². The predicted molar refractivity (Wildman–Crippen MR) is 50.9 cm³/mol. The molecule has 1 atom stereocenters. The van der Waals surface area contributed by atoms with Crippen molar-refractivity contribution < 1.29 is 4.74 Å². The second-order valence-electron chi connectivity index (χ2n) is 3.87. The van der Waals surface area contributed by atoms with Crippen LogP contribution in [0.1, 0.15) is 29.2 Å². The van der Waals surface area contributed by atoms with Gasteiger partial charge in [0.1, 0.15) is 5.75 Å². The summed E-state index contributed by atoms with van der Waals surface area (Å²) < 4.78 is 5.63. The van der Waals surface area contributed by atoms with E-state index in [4.69, 9.17) is 10.5 Å². The van der Waals surface area contributed by atoms with Crippen LogP contribution in [0.5, 0.6) is 5.75 Å². The van der Waals surface area contributed by atoms with Crippen LogP contribution in [0.3, 0.4) is 0 Å². The number of benzene rings is 1. The van der Waals surface area contributed by atoms with Crippen LogP contribution in [0.25, 0.3) is 0 Å². The van der Waals surface area contributed by atoms with Gasteiger partial charge in [0.25, 0.3) is 0 Å². The minimum Gasteiger partial charge on any atom is -0.493 e. The third-order valence-electron chi connectivity index (χ3n) is 3.10. The Labute approximate surface area is 77.7 Å². The highest BCUT2D eigenvalue weighted by atomic mass is 16.5. The van der Waals surface area contributed by atoms with Crippen molar-refractivity contribution in [1.82, 2.24) is 0 Å². The highest BCUT2D eigenvalue weighted by Gasteiger charge is 2.26. The molecule has 1 aliphatic heterocycles. The third kappa shape index (κ3) is 0.923. The van der Waals surface area contributed by atoms with Crippen LogP contribution in [-0.4, -0.2) is 6.61 Å². The first kappa shape index (κ1) is 7.39. The molecule has 0 aromatic heterocycles. The van der Waals surface area contributed by atoms with Crippen molar-refractivity contribution in [2.75, 3.05) is 6.61 Å². The summed E-state index contributed by atoms with van der Waals surface area (Å²) in [6.45, 7) is 0.848. The van der Waals surface area contributed by atoms with Gasteiger partial charge in [-0.3, -0.25) is 0 Å². The Bertz CT molecular complexity index is 359. The zero-order valence-corrected chi connectivity index (χ0v) is 7.55. The summed E-state index contributed by atoms with van der Waals surface area (Å²) in [7, 11) is 0. The Balaban J connectivity index is 2.21. The maximum atomic E-state index is 5.98. The lowest BCUT2D eigenvalue weighted by atomic mass is 10.0. The van der Waals surface area contributed by atoms with E-state index in [-0.39, 0.29) is 6.04 Å². The van der Waals surface area contributed by atoms with Gasteiger partial charge in [-0.1, -0.05) is 12.1 Å². The largest absolute Gasteiger partial charge is 0.493 e. The number of ether oxygens (including phenoxy) is 1. The predicted octanol–water partition coefficient (Wildman–Crippen LogP) is 1.57. The normalized spacial score (nSPS) is 23.9. The van der Waals surface area contributed by atoms with Crippen molar-refractivity contribution in [2.45, 2.75) is 25.3 Å². The summed E-state index contributed by atoms with van der Waals surface area (Å²) in [6, 6.07) is 4.59. The third-order valence-corrected chi connectivity index (χ3v) is 3.10. The minimum absolute atomic E-state index is 0.240. The summed E-state index contributed by atoms with van der Waals surface area (Å²) >= 11 is 0. The van der Waals surface area contributed by atoms with Gasteiger partial charge in [0.05, 0.1) is 6.61 Å². The minimum atomic E-state index is 0.240. The van der Waals surface area contributed by atoms with Crippen LogP contribution in [-0.2, 0) is 12.8 Å². The molecule has 2 nitrogen and oxygen atoms in total. The van der Waals surface area contributed by atoms with E-state index in [1.54, 1.807) is 0 Å². The Morgan fingerprint density at radius 1 is 1.31 bits per heavy atom. The maximum Gasteiger partial charge on any atom is 0.126 e. The first-order valence-corrected chi connectivity index (χ1v) is 4.89. The zero-order valence-electron chi connectivity index (χ0n) is 7.55. The molecule has 1 aromatic rings. The van der Waals surface area contributed by atoms with Crippen LogP contribution >= 0.6 is 0 Å². The van der Waals surface area contributed by atoms with Gasteiger partial charge in [-0.2, -0.15) is 0 Å². The molecule has 0 saturated heterocycles. The highest BCUT2D eigenvalue weighted by Crippen LogP contribution is 2.40. The molecule has 0 bridgehead atoms. The van der Waals surface area contributed by atoms with Crippen LogP contribution in [0.4, 0.5) is 0 Å². The Kier molecular flexibility index (Phi) is 1.41. The summed E-state index contributed by atoms with van der Waals surface area (Å²) in [6.07, 6.45) is 3.24. The van der Waals surface area contributed by atoms with Crippen molar-refractivity contribution in [3.63, 3.8) is 0 Å². The summed E-state index contributed by atoms with van der Waals surface area (Å²) in [4.78, 5) is 0. The molecule has 68 valence electrons. The van der Waals surface area contributed by atoms with E-state index in [0.717, 1.165) is 31.6 Å². The first-order valence-electron chi connectivity index (χ1n) is 4.89. The highest BCUT2D eigenvalue weighted by molar-refractivity contribution is 5.51. The van der Waals surface area contributed by atoms with Crippen LogP contribution in [0.15, 0.2) is 12.1 Å². The van der Waals surface area contributed by atoms with Gasteiger partial charge >= 0.3 is 0 Å². The van der Waals surface area contributed by atoms with Crippen molar-refractivity contribution in [3.05, 3.63) is 28.8 Å². The average molecular weight is 175 g/mol. The molecule has 3 rings (SSSR count). The number of fused-ring (bicyclic) bond motifs is 3. The van der Waals surface area contributed by atoms with Crippen molar-refractivity contribution in [2.24, 2.45) is 5.73 Å². The fraction of sp³-hybridized carbons (Fsp3) is 0.455. The molecule has 1 aromatic carbocycles. The second-order valence-corrected chi connectivity index (χ2v) is 3.87. The molecule has 2 N–H and O–H groups in total. The van der Waals surface area contributed by atoms with E-state index < -0.39 is 0 Å². The van der Waals surface area contributed by atoms with Gasteiger partial charge in [0.15, 0.2) is 0 Å². The van der Waals surface area contributed by atoms with E-state index >= 15 is 0 Å². The van der Waals surface area contributed by atoms with E-state index in [0.29, 0.717) is 0 Å². The quantitative estimate of drug-likeness (QED) is 0.649. The second kappa shape index (κ2) is 2.48. The van der Waals surface area contributed by atoms with E-state index in [1.807, 2.05) is 0 Å². The number of hydrogen-bond donors (Lipinski definition) is 1. The lowest BCUT2D eigenvalue weighted by molar-refractivity contribution is 0.354. The maximum absolute atomic E-state index is 5.98. The molecule has 1 aliphatic carbocycles. The zero-order chi connectivity index (χ0) is 8.84. The molecule has 0 saturated carbocycles. The van der Waals surface area contributed by atoms with Gasteiger partial charge in [0, 0.05) is 12.5 Å². The fourth-order valence-corrected chi connectivity index (χ4v) is 2.39. The molecule has 0 amide bonds. The molecular weight excluding hydrogens is 162 g/mol.